The summed E-state index contributed by atoms with van der Waals surface area (Å²) in [6.45, 7) is 2.23. The third kappa shape index (κ3) is 5.24. The van der Waals surface area contributed by atoms with E-state index < -0.39 is 0 Å². The standard InChI is InChI=1S/C31H32N2O2/c32-18-26(22-7-3-1-4-8-22)20-34-28-11-13-30-24(16-28)15-25-17-29(12-14-31(25)30)35-21-27(19-33)23-9-5-2-6-10-23/h1-14,16-17,26-27H,15,18-21,32-33H2. The summed E-state index contributed by atoms with van der Waals surface area (Å²) in [5.41, 5.74) is 19.5. The minimum atomic E-state index is 0.176. The van der Waals surface area contributed by atoms with Gasteiger partial charge in [0.25, 0.3) is 0 Å². The van der Waals surface area contributed by atoms with Gasteiger partial charge in [0.05, 0.1) is 13.2 Å². The molecule has 4 N–H and O–H groups in total. The molecule has 35 heavy (non-hydrogen) atoms. The molecular formula is C31H32N2O2. The average molecular weight is 465 g/mol. The maximum atomic E-state index is 6.16. The van der Waals surface area contributed by atoms with E-state index in [1.807, 2.05) is 36.4 Å². The Labute approximate surface area is 207 Å². The lowest BCUT2D eigenvalue weighted by Crippen LogP contribution is -2.19. The number of fused-ring (bicyclic) bond motifs is 3. The quantitative estimate of drug-likeness (QED) is 0.286. The second-order valence-electron chi connectivity index (χ2n) is 9.12. The van der Waals surface area contributed by atoms with Gasteiger partial charge in [-0.15, -0.1) is 0 Å². The van der Waals surface area contributed by atoms with Crippen LogP contribution >= 0.6 is 0 Å². The Bertz CT molecular complexity index is 1160. The van der Waals surface area contributed by atoms with Crippen LogP contribution in [-0.4, -0.2) is 26.3 Å². The molecule has 5 rings (SSSR count). The van der Waals surface area contributed by atoms with Gasteiger partial charge in [-0.2, -0.15) is 0 Å². The SMILES string of the molecule is NCC(COc1ccc2c(c1)Cc1cc(OCC(CN)c3ccccc3)ccc1-2)c1ccccc1. The minimum Gasteiger partial charge on any atom is -0.493 e. The molecule has 0 spiro atoms. The molecule has 0 aromatic heterocycles. The average Bonchev–Trinajstić information content (AvgIpc) is 3.27. The van der Waals surface area contributed by atoms with E-state index in [4.69, 9.17) is 20.9 Å². The highest BCUT2D eigenvalue weighted by molar-refractivity contribution is 5.78. The first-order valence-corrected chi connectivity index (χ1v) is 12.3. The van der Waals surface area contributed by atoms with Gasteiger partial charge in [-0.25, -0.2) is 0 Å². The first-order chi connectivity index (χ1) is 17.2. The van der Waals surface area contributed by atoms with E-state index in [2.05, 4.69) is 60.7 Å². The monoisotopic (exact) mass is 464 g/mol. The molecule has 4 nitrogen and oxygen atoms in total. The summed E-state index contributed by atoms with van der Waals surface area (Å²) in [5, 5.41) is 0. The Morgan fingerprint density at radius 3 is 1.40 bits per heavy atom. The summed E-state index contributed by atoms with van der Waals surface area (Å²) in [6, 6.07) is 33.4. The van der Waals surface area contributed by atoms with Gasteiger partial charge in [0.1, 0.15) is 11.5 Å². The van der Waals surface area contributed by atoms with E-state index >= 15 is 0 Å². The lowest BCUT2D eigenvalue weighted by atomic mass is 10.0. The molecule has 0 fully saturated rings. The molecule has 0 saturated heterocycles. The first kappa shape index (κ1) is 23.2. The van der Waals surface area contributed by atoms with Crippen LogP contribution in [0.15, 0.2) is 97.1 Å². The molecule has 4 aromatic rings. The molecule has 0 heterocycles. The van der Waals surface area contributed by atoms with Crippen molar-refractivity contribution in [1.82, 2.24) is 0 Å². The van der Waals surface area contributed by atoms with Gasteiger partial charge in [0.15, 0.2) is 0 Å². The zero-order valence-electron chi connectivity index (χ0n) is 19.9. The number of hydrogen-bond donors (Lipinski definition) is 2. The summed E-state index contributed by atoms with van der Waals surface area (Å²) in [7, 11) is 0. The highest BCUT2D eigenvalue weighted by Gasteiger charge is 2.20. The van der Waals surface area contributed by atoms with Crippen LogP contribution in [0.1, 0.15) is 34.1 Å². The Balaban J connectivity index is 1.24. The Morgan fingerprint density at radius 2 is 1.00 bits per heavy atom. The molecule has 0 radical (unpaired) electrons. The topological polar surface area (TPSA) is 70.5 Å². The summed E-state index contributed by atoms with van der Waals surface area (Å²) >= 11 is 0. The van der Waals surface area contributed by atoms with Gasteiger partial charge in [0, 0.05) is 24.9 Å². The van der Waals surface area contributed by atoms with Crippen molar-refractivity contribution in [2.45, 2.75) is 18.3 Å². The predicted molar refractivity (Wildman–Crippen MR) is 142 cm³/mol. The van der Waals surface area contributed by atoms with Gasteiger partial charge >= 0.3 is 0 Å². The molecule has 0 bridgehead atoms. The molecule has 2 atom stereocenters. The zero-order chi connectivity index (χ0) is 24.0. The van der Waals surface area contributed by atoms with Crippen LogP contribution in [0.2, 0.25) is 0 Å². The van der Waals surface area contributed by atoms with Crippen LogP contribution < -0.4 is 20.9 Å². The lowest BCUT2D eigenvalue weighted by molar-refractivity contribution is 0.290. The normalized spacial score (nSPS) is 13.5. The molecule has 0 saturated carbocycles. The Kier molecular flexibility index (Phi) is 7.12. The van der Waals surface area contributed by atoms with Gasteiger partial charge in [0.2, 0.25) is 0 Å². The smallest absolute Gasteiger partial charge is 0.119 e. The maximum absolute atomic E-state index is 6.16. The molecule has 0 aliphatic heterocycles. The largest absolute Gasteiger partial charge is 0.493 e. The number of nitrogens with two attached hydrogens (primary N) is 2. The fraction of sp³-hybridized carbons (Fsp3) is 0.226. The van der Waals surface area contributed by atoms with Crippen molar-refractivity contribution in [2.75, 3.05) is 26.3 Å². The van der Waals surface area contributed by atoms with E-state index in [9.17, 15) is 0 Å². The molecule has 4 heteroatoms. The van der Waals surface area contributed by atoms with E-state index in [1.165, 1.54) is 33.4 Å². The van der Waals surface area contributed by atoms with Crippen molar-refractivity contribution in [3.63, 3.8) is 0 Å². The fourth-order valence-corrected chi connectivity index (χ4v) is 4.79. The highest BCUT2D eigenvalue weighted by Crippen LogP contribution is 2.40. The second kappa shape index (κ2) is 10.8. The third-order valence-electron chi connectivity index (χ3n) is 6.84. The molecule has 4 aromatic carbocycles. The Morgan fingerprint density at radius 1 is 0.571 bits per heavy atom. The van der Waals surface area contributed by atoms with E-state index in [1.54, 1.807) is 0 Å². The van der Waals surface area contributed by atoms with Gasteiger partial charge < -0.3 is 20.9 Å². The Hall–Kier alpha value is -3.60. The van der Waals surface area contributed by atoms with Gasteiger partial charge in [-0.3, -0.25) is 0 Å². The van der Waals surface area contributed by atoms with Crippen LogP contribution in [0.25, 0.3) is 11.1 Å². The highest BCUT2D eigenvalue weighted by atomic mass is 16.5. The zero-order valence-corrected chi connectivity index (χ0v) is 19.9. The van der Waals surface area contributed by atoms with Crippen LogP contribution in [0, 0.1) is 0 Å². The van der Waals surface area contributed by atoms with Crippen molar-refractivity contribution in [2.24, 2.45) is 11.5 Å². The van der Waals surface area contributed by atoms with E-state index in [-0.39, 0.29) is 11.8 Å². The summed E-state index contributed by atoms with van der Waals surface area (Å²) in [4.78, 5) is 0. The molecule has 0 amide bonds. The van der Waals surface area contributed by atoms with Crippen LogP contribution in [-0.2, 0) is 6.42 Å². The van der Waals surface area contributed by atoms with Crippen molar-refractivity contribution in [3.8, 4) is 22.6 Å². The number of rotatable bonds is 10. The third-order valence-corrected chi connectivity index (χ3v) is 6.84. The van der Waals surface area contributed by atoms with Gasteiger partial charge in [-0.1, -0.05) is 72.8 Å². The van der Waals surface area contributed by atoms with Gasteiger partial charge in [-0.05, 0) is 64.1 Å². The molecule has 178 valence electrons. The maximum Gasteiger partial charge on any atom is 0.119 e. The fourth-order valence-electron chi connectivity index (χ4n) is 4.79. The lowest BCUT2D eigenvalue weighted by Gasteiger charge is -2.17. The van der Waals surface area contributed by atoms with Crippen LogP contribution in [0.3, 0.4) is 0 Å². The molecule has 1 aliphatic carbocycles. The van der Waals surface area contributed by atoms with E-state index in [0.717, 1.165) is 17.9 Å². The summed E-state index contributed by atoms with van der Waals surface area (Å²) in [5.74, 6) is 2.12. The number of hydrogen-bond acceptors (Lipinski definition) is 4. The van der Waals surface area contributed by atoms with Crippen molar-refractivity contribution in [1.29, 1.82) is 0 Å². The predicted octanol–water partition coefficient (Wildman–Crippen LogP) is 5.50. The van der Waals surface area contributed by atoms with Crippen molar-refractivity contribution in [3.05, 3.63) is 119 Å². The summed E-state index contributed by atoms with van der Waals surface area (Å²) in [6.07, 6.45) is 0.872. The van der Waals surface area contributed by atoms with Crippen molar-refractivity contribution >= 4 is 0 Å². The first-order valence-electron chi connectivity index (χ1n) is 12.3. The van der Waals surface area contributed by atoms with Crippen LogP contribution in [0.4, 0.5) is 0 Å². The minimum absolute atomic E-state index is 0.176. The molecule has 1 aliphatic rings. The van der Waals surface area contributed by atoms with Crippen LogP contribution in [0.5, 0.6) is 11.5 Å². The number of benzene rings is 4. The number of ether oxygens (including phenoxy) is 2. The summed E-state index contributed by atoms with van der Waals surface area (Å²) < 4.78 is 12.3. The molecular weight excluding hydrogens is 432 g/mol. The van der Waals surface area contributed by atoms with E-state index in [0.29, 0.717) is 26.3 Å². The second-order valence-corrected chi connectivity index (χ2v) is 9.12. The van der Waals surface area contributed by atoms with Crippen molar-refractivity contribution < 1.29 is 9.47 Å². The molecule has 2 unspecified atom stereocenters.